The number of hydrogen-bond acceptors (Lipinski definition) is 3. The van der Waals surface area contributed by atoms with Crippen LogP contribution in [0.1, 0.15) is 40.9 Å². The van der Waals surface area contributed by atoms with E-state index in [9.17, 15) is 14.7 Å². The number of aliphatic hydroxyl groups is 1. The summed E-state index contributed by atoms with van der Waals surface area (Å²) in [5, 5.41) is 15.8. The first-order chi connectivity index (χ1) is 15.9. The Morgan fingerprint density at radius 3 is 2.44 bits per heavy atom. The van der Waals surface area contributed by atoms with Gasteiger partial charge in [0.05, 0.1) is 13.0 Å². The van der Waals surface area contributed by atoms with E-state index in [-0.39, 0.29) is 30.1 Å². The third-order valence-electron chi connectivity index (χ3n) is 5.30. The van der Waals surface area contributed by atoms with E-state index in [1.165, 1.54) is 6.08 Å². The number of anilines is 1. The molecule has 3 aromatic rings. The first-order valence-corrected chi connectivity index (χ1v) is 11.2. The van der Waals surface area contributed by atoms with Crippen LogP contribution in [-0.4, -0.2) is 29.4 Å². The van der Waals surface area contributed by atoms with Gasteiger partial charge in [0, 0.05) is 22.3 Å². The third kappa shape index (κ3) is 8.43. The molecule has 0 bridgehead atoms. The number of rotatable bonds is 10. The maximum atomic E-state index is 12.6. The molecule has 0 aromatic heterocycles. The molecule has 4 N–H and O–H groups in total. The molecule has 0 aliphatic heterocycles. The maximum absolute atomic E-state index is 12.6. The van der Waals surface area contributed by atoms with E-state index in [4.69, 9.17) is 11.6 Å². The summed E-state index contributed by atoms with van der Waals surface area (Å²) >= 11 is 5.86. The highest BCUT2D eigenvalue weighted by Gasteiger charge is 2.19. The predicted molar refractivity (Wildman–Crippen MR) is 132 cm³/mol. The number of carbonyl (C=O) groups excluding carboxylic acids is 2. The minimum atomic E-state index is -0.597. The fraction of sp³-hybridized carbons (Fsp3) is 0.185. The second kappa shape index (κ2) is 13.7. The summed E-state index contributed by atoms with van der Waals surface area (Å²) in [6, 6.07) is 23.5. The number of amides is 1. The summed E-state index contributed by atoms with van der Waals surface area (Å²) in [5.41, 5.74) is 2.82. The lowest BCUT2D eigenvalue weighted by molar-refractivity contribution is -0.693. The van der Waals surface area contributed by atoms with Crippen LogP contribution in [0.3, 0.4) is 0 Å². The molecule has 7 heteroatoms. The highest BCUT2D eigenvalue weighted by atomic mass is 35.5. The van der Waals surface area contributed by atoms with Crippen LogP contribution in [0.25, 0.3) is 6.08 Å². The summed E-state index contributed by atoms with van der Waals surface area (Å²) < 4.78 is 0. The Hall–Kier alpha value is -2.96. The molecule has 0 heterocycles. The second-order valence-corrected chi connectivity index (χ2v) is 8.30. The van der Waals surface area contributed by atoms with Gasteiger partial charge < -0.3 is 28.1 Å². The van der Waals surface area contributed by atoms with Crippen molar-refractivity contribution in [3.05, 3.63) is 107 Å². The van der Waals surface area contributed by atoms with E-state index in [0.29, 0.717) is 29.2 Å². The summed E-state index contributed by atoms with van der Waals surface area (Å²) in [6.45, 7) is 2.50. The molecular weight excluding hydrogens is 471 g/mol. The highest BCUT2D eigenvalue weighted by molar-refractivity contribution is 6.30. The lowest BCUT2D eigenvalue weighted by Gasteiger charge is -2.17. The Morgan fingerprint density at radius 2 is 1.74 bits per heavy atom. The molecule has 3 rings (SSSR count). The average Bonchev–Trinajstić information content (AvgIpc) is 2.83. The summed E-state index contributed by atoms with van der Waals surface area (Å²) in [7, 11) is 0. The van der Waals surface area contributed by atoms with Crippen molar-refractivity contribution in [3.8, 4) is 0 Å². The number of benzene rings is 3. The van der Waals surface area contributed by atoms with Crippen LogP contribution in [0.2, 0.25) is 5.02 Å². The smallest absolute Gasteiger partial charge is 0.248 e. The molecule has 178 valence electrons. The molecule has 0 aliphatic rings. The second-order valence-electron chi connectivity index (χ2n) is 7.87. The zero-order chi connectivity index (χ0) is 23.6. The van der Waals surface area contributed by atoms with Gasteiger partial charge in [0.15, 0.2) is 5.78 Å². The van der Waals surface area contributed by atoms with Gasteiger partial charge in [-0.05, 0) is 48.4 Å². The largest absolute Gasteiger partial charge is 1.00 e. The maximum Gasteiger partial charge on any atom is 0.248 e. The number of quaternary nitrogens is 1. The Balaban J connectivity index is 0.00000408. The third-order valence-corrected chi connectivity index (χ3v) is 5.55. The molecule has 1 amide bonds. The highest BCUT2D eigenvalue weighted by Crippen LogP contribution is 2.15. The van der Waals surface area contributed by atoms with Gasteiger partial charge in [0.1, 0.15) is 12.1 Å². The van der Waals surface area contributed by atoms with Crippen molar-refractivity contribution in [1.82, 2.24) is 0 Å². The first-order valence-electron chi connectivity index (χ1n) is 10.9. The predicted octanol–water partition coefficient (Wildman–Crippen LogP) is 1.25. The monoisotopic (exact) mass is 498 g/mol. The van der Waals surface area contributed by atoms with Gasteiger partial charge >= 0.3 is 0 Å². The number of hydrogen-bond donors (Lipinski definition) is 3. The van der Waals surface area contributed by atoms with Gasteiger partial charge in [0.2, 0.25) is 5.91 Å². The number of Topliss-reactive ketones (excluding diaryl/α,β-unsaturated/α-hetero) is 1. The minimum absolute atomic E-state index is 0. The van der Waals surface area contributed by atoms with Gasteiger partial charge in [0.25, 0.3) is 0 Å². The molecule has 5 nitrogen and oxygen atoms in total. The SMILES string of the molecule is CC([NH2+]CCC(=O)c1cccc(NC(=O)/C=C/c2ccc(Cl)cc2)c1)C(O)c1ccccc1.[Cl-]. The quantitative estimate of drug-likeness (QED) is 0.290. The number of nitrogens with two attached hydrogens (primary N) is 1. The molecule has 0 saturated carbocycles. The van der Waals surface area contributed by atoms with Gasteiger partial charge in [-0.25, -0.2) is 0 Å². The Bertz CT molecular complexity index is 1100. The fourth-order valence-corrected chi connectivity index (χ4v) is 3.53. The molecule has 2 unspecified atom stereocenters. The summed E-state index contributed by atoms with van der Waals surface area (Å²) in [5.74, 6) is -0.299. The fourth-order valence-electron chi connectivity index (χ4n) is 3.40. The van der Waals surface area contributed by atoms with Crippen LogP contribution >= 0.6 is 11.6 Å². The van der Waals surface area contributed by atoms with Crippen LogP contribution in [-0.2, 0) is 4.79 Å². The first kappa shape index (κ1) is 27.3. The Morgan fingerprint density at radius 1 is 1.03 bits per heavy atom. The van der Waals surface area contributed by atoms with E-state index >= 15 is 0 Å². The lowest BCUT2D eigenvalue weighted by Crippen LogP contribution is -3.00. The normalized spacial score (nSPS) is 12.6. The van der Waals surface area contributed by atoms with Crippen LogP contribution in [0.4, 0.5) is 5.69 Å². The molecule has 0 aliphatic carbocycles. The van der Waals surface area contributed by atoms with Crippen molar-refractivity contribution in [2.24, 2.45) is 0 Å². The van der Waals surface area contributed by atoms with Gasteiger partial charge in [-0.15, -0.1) is 0 Å². The van der Waals surface area contributed by atoms with Crippen molar-refractivity contribution in [1.29, 1.82) is 0 Å². The number of aliphatic hydroxyl groups excluding tert-OH is 1. The van der Waals surface area contributed by atoms with Crippen LogP contribution < -0.4 is 23.0 Å². The summed E-state index contributed by atoms with van der Waals surface area (Å²) in [4.78, 5) is 24.8. The standard InChI is InChI=1S/C27H27ClN2O3.ClH/c1-19(27(33)21-6-3-2-4-7-21)29-17-16-25(31)22-8-5-9-24(18-22)30-26(32)15-12-20-10-13-23(28)14-11-20;/h2-15,18-19,27,29,33H,16-17H2,1H3,(H,30,32);1H/b15-12+;. The van der Waals surface area contributed by atoms with E-state index < -0.39 is 6.10 Å². The molecular formula is C27H28Cl2N2O3. The Labute approximate surface area is 211 Å². The number of halogens is 2. The van der Waals surface area contributed by atoms with E-state index in [1.807, 2.05) is 54.7 Å². The van der Waals surface area contributed by atoms with E-state index in [0.717, 1.165) is 11.1 Å². The van der Waals surface area contributed by atoms with Crippen molar-refractivity contribution >= 4 is 35.1 Å². The van der Waals surface area contributed by atoms with Gasteiger partial charge in [-0.2, -0.15) is 0 Å². The zero-order valence-electron chi connectivity index (χ0n) is 18.8. The molecule has 34 heavy (non-hydrogen) atoms. The van der Waals surface area contributed by atoms with Crippen molar-refractivity contribution < 1.29 is 32.4 Å². The lowest BCUT2D eigenvalue weighted by atomic mass is 10.0. The zero-order valence-corrected chi connectivity index (χ0v) is 20.3. The van der Waals surface area contributed by atoms with E-state index in [2.05, 4.69) is 5.32 Å². The average molecular weight is 499 g/mol. The number of ketones is 1. The molecule has 0 saturated heterocycles. The molecule has 3 aromatic carbocycles. The number of nitrogens with one attached hydrogen (secondary N) is 1. The van der Waals surface area contributed by atoms with Crippen LogP contribution in [0, 0.1) is 0 Å². The molecule has 0 fully saturated rings. The molecule has 0 radical (unpaired) electrons. The van der Waals surface area contributed by atoms with Crippen molar-refractivity contribution in [2.45, 2.75) is 25.5 Å². The minimum Gasteiger partial charge on any atom is -1.00 e. The summed E-state index contributed by atoms with van der Waals surface area (Å²) in [6.07, 6.45) is 2.87. The number of carbonyl (C=O) groups is 2. The van der Waals surface area contributed by atoms with E-state index in [1.54, 1.807) is 42.5 Å². The van der Waals surface area contributed by atoms with Crippen LogP contribution in [0.15, 0.2) is 84.9 Å². The van der Waals surface area contributed by atoms with Gasteiger partial charge in [-0.1, -0.05) is 66.2 Å². The van der Waals surface area contributed by atoms with Crippen molar-refractivity contribution in [2.75, 3.05) is 11.9 Å². The van der Waals surface area contributed by atoms with Crippen molar-refractivity contribution in [3.63, 3.8) is 0 Å². The van der Waals surface area contributed by atoms with Gasteiger partial charge in [-0.3, -0.25) is 9.59 Å². The topological polar surface area (TPSA) is 83.0 Å². The van der Waals surface area contributed by atoms with Crippen LogP contribution in [0.5, 0.6) is 0 Å². The Kier molecular flexibility index (Phi) is 11.0. The molecule has 2 atom stereocenters. The molecule has 0 spiro atoms.